The molecule has 1 amide bonds. The van der Waals surface area contributed by atoms with Crippen LogP contribution in [-0.4, -0.2) is 36.0 Å². The summed E-state index contributed by atoms with van der Waals surface area (Å²) in [5.74, 6) is -0.261. The van der Waals surface area contributed by atoms with Crippen molar-refractivity contribution in [1.29, 1.82) is 0 Å². The lowest BCUT2D eigenvalue weighted by molar-refractivity contribution is -0.144. The predicted octanol–water partition coefficient (Wildman–Crippen LogP) is 3.73. The molecule has 0 atom stereocenters. The van der Waals surface area contributed by atoms with Gasteiger partial charge in [0.25, 0.3) is 0 Å². The van der Waals surface area contributed by atoms with Gasteiger partial charge in [-0.25, -0.2) is 0 Å². The fourth-order valence-electron chi connectivity index (χ4n) is 3.07. The number of carbonyl (C=O) groups excluding carboxylic acids is 2. The van der Waals surface area contributed by atoms with Crippen molar-refractivity contribution >= 4 is 18.0 Å². The molecule has 4 heteroatoms. The van der Waals surface area contributed by atoms with Crippen molar-refractivity contribution in [3.05, 3.63) is 41.5 Å². The van der Waals surface area contributed by atoms with Gasteiger partial charge in [0.05, 0.1) is 13.0 Å². The molecule has 0 aromatic heterocycles. The molecular weight excluding hydrogens is 302 g/mol. The van der Waals surface area contributed by atoms with Crippen LogP contribution in [0.1, 0.15) is 50.2 Å². The van der Waals surface area contributed by atoms with Crippen molar-refractivity contribution in [1.82, 2.24) is 4.90 Å². The maximum absolute atomic E-state index is 12.6. The van der Waals surface area contributed by atoms with E-state index in [0.717, 1.165) is 31.2 Å². The largest absolute Gasteiger partial charge is 0.466 e. The van der Waals surface area contributed by atoms with Crippen molar-refractivity contribution in [2.75, 3.05) is 13.2 Å². The molecular formula is C20H27NO3. The van der Waals surface area contributed by atoms with Crippen molar-refractivity contribution < 1.29 is 14.3 Å². The number of carbonyl (C=O) groups is 2. The molecule has 0 heterocycles. The molecule has 0 N–H and O–H groups in total. The summed E-state index contributed by atoms with van der Waals surface area (Å²) >= 11 is 0. The average Bonchev–Trinajstić information content (AvgIpc) is 3.09. The van der Waals surface area contributed by atoms with E-state index in [1.54, 1.807) is 13.0 Å². The third-order valence-electron chi connectivity index (χ3n) is 4.41. The number of aryl methyl sites for hydroxylation is 1. The van der Waals surface area contributed by atoms with Crippen molar-refractivity contribution in [3.63, 3.8) is 0 Å². The zero-order valence-electron chi connectivity index (χ0n) is 14.7. The van der Waals surface area contributed by atoms with Gasteiger partial charge in [-0.05, 0) is 38.3 Å². The number of ether oxygens (including phenoxy) is 1. The molecule has 130 valence electrons. The maximum atomic E-state index is 12.6. The van der Waals surface area contributed by atoms with Gasteiger partial charge in [0.1, 0.15) is 0 Å². The minimum atomic E-state index is -0.240. The lowest BCUT2D eigenvalue weighted by atomic mass is 10.1. The van der Waals surface area contributed by atoms with Crippen LogP contribution >= 0.6 is 0 Å². The molecule has 24 heavy (non-hydrogen) atoms. The van der Waals surface area contributed by atoms with Crippen molar-refractivity contribution in [2.24, 2.45) is 0 Å². The third-order valence-corrected chi connectivity index (χ3v) is 4.41. The summed E-state index contributed by atoms with van der Waals surface area (Å²) in [5, 5.41) is 0. The van der Waals surface area contributed by atoms with Gasteiger partial charge in [-0.15, -0.1) is 0 Å². The molecule has 0 radical (unpaired) electrons. The number of nitrogens with zero attached hydrogens (tertiary/aromatic N) is 1. The van der Waals surface area contributed by atoms with E-state index < -0.39 is 0 Å². The van der Waals surface area contributed by atoms with E-state index in [-0.39, 0.29) is 24.3 Å². The highest BCUT2D eigenvalue weighted by Gasteiger charge is 2.25. The summed E-state index contributed by atoms with van der Waals surface area (Å²) in [5.41, 5.74) is 2.20. The van der Waals surface area contributed by atoms with Gasteiger partial charge in [0.15, 0.2) is 0 Å². The van der Waals surface area contributed by atoms with Crippen LogP contribution in [0.15, 0.2) is 30.3 Å². The lowest BCUT2D eigenvalue weighted by Gasteiger charge is -2.27. The highest BCUT2D eigenvalue weighted by atomic mass is 16.5. The Hall–Kier alpha value is -2.10. The van der Waals surface area contributed by atoms with E-state index in [0.29, 0.717) is 13.2 Å². The number of amides is 1. The van der Waals surface area contributed by atoms with Crippen LogP contribution in [0.2, 0.25) is 0 Å². The SMILES string of the molecule is CCOC(=O)CCN(C(=O)/C=C/c1ccc(C)cc1)C1CCCC1. The van der Waals surface area contributed by atoms with Crippen LogP contribution in [0, 0.1) is 6.92 Å². The van der Waals surface area contributed by atoms with Gasteiger partial charge in [-0.3, -0.25) is 9.59 Å². The standard InChI is InChI=1S/C20H27NO3/c1-3-24-20(23)14-15-21(18-6-4-5-7-18)19(22)13-12-17-10-8-16(2)9-11-17/h8-13,18H,3-7,14-15H2,1-2H3/b13-12+. The van der Waals surface area contributed by atoms with Crippen molar-refractivity contribution in [2.45, 2.75) is 52.0 Å². The Kier molecular flexibility index (Phi) is 7.04. The van der Waals surface area contributed by atoms with Gasteiger partial charge in [0, 0.05) is 18.7 Å². The smallest absolute Gasteiger partial charge is 0.307 e. The van der Waals surface area contributed by atoms with E-state index in [1.807, 2.05) is 42.2 Å². The maximum Gasteiger partial charge on any atom is 0.307 e. The summed E-state index contributed by atoms with van der Waals surface area (Å²) in [6.45, 7) is 4.64. The normalized spacial score (nSPS) is 14.9. The molecule has 0 aliphatic heterocycles. The molecule has 1 aromatic rings. The van der Waals surface area contributed by atoms with E-state index in [1.165, 1.54) is 5.56 Å². The second-order valence-electron chi connectivity index (χ2n) is 6.27. The zero-order chi connectivity index (χ0) is 17.4. The Labute approximate surface area is 144 Å². The van der Waals surface area contributed by atoms with Gasteiger partial charge in [-0.1, -0.05) is 42.7 Å². The topological polar surface area (TPSA) is 46.6 Å². The van der Waals surface area contributed by atoms with E-state index in [2.05, 4.69) is 0 Å². The molecule has 0 spiro atoms. The van der Waals surface area contributed by atoms with Crippen LogP contribution in [0.4, 0.5) is 0 Å². The fourth-order valence-corrected chi connectivity index (χ4v) is 3.07. The molecule has 0 saturated heterocycles. The summed E-state index contributed by atoms with van der Waals surface area (Å²) in [6.07, 6.45) is 8.06. The zero-order valence-corrected chi connectivity index (χ0v) is 14.7. The lowest BCUT2D eigenvalue weighted by Crippen LogP contribution is -2.39. The number of hydrogen-bond donors (Lipinski definition) is 0. The molecule has 0 bridgehead atoms. The van der Waals surface area contributed by atoms with Crippen LogP contribution in [0.5, 0.6) is 0 Å². The van der Waals surface area contributed by atoms with Crippen LogP contribution < -0.4 is 0 Å². The number of benzene rings is 1. The summed E-state index contributed by atoms with van der Waals surface area (Å²) in [6, 6.07) is 8.30. The quantitative estimate of drug-likeness (QED) is 0.565. The second kappa shape index (κ2) is 9.26. The number of esters is 1. The first-order valence-electron chi connectivity index (χ1n) is 8.81. The monoisotopic (exact) mass is 329 g/mol. The molecule has 1 fully saturated rings. The Balaban J connectivity index is 2.00. The first kappa shape index (κ1) is 18.2. The molecule has 1 aliphatic carbocycles. The molecule has 4 nitrogen and oxygen atoms in total. The predicted molar refractivity (Wildman–Crippen MR) is 95.4 cm³/mol. The van der Waals surface area contributed by atoms with Crippen LogP contribution in [0.25, 0.3) is 6.08 Å². The first-order chi connectivity index (χ1) is 11.6. The fraction of sp³-hybridized carbons (Fsp3) is 0.500. The van der Waals surface area contributed by atoms with E-state index in [9.17, 15) is 9.59 Å². The summed E-state index contributed by atoms with van der Waals surface area (Å²) < 4.78 is 4.98. The average molecular weight is 329 g/mol. The van der Waals surface area contributed by atoms with Gasteiger partial charge in [0.2, 0.25) is 5.91 Å². The molecule has 0 unspecified atom stereocenters. The van der Waals surface area contributed by atoms with E-state index >= 15 is 0 Å². The molecule has 2 rings (SSSR count). The Bertz CT molecular complexity index is 571. The molecule has 1 saturated carbocycles. The summed E-state index contributed by atoms with van der Waals surface area (Å²) in [7, 11) is 0. The van der Waals surface area contributed by atoms with Crippen LogP contribution in [0.3, 0.4) is 0 Å². The van der Waals surface area contributed by atoms with Crippen LogP contribution in [-0.2, 0) is 14.3 Å². The molecule has 1 aromatic carbocycles. The van der Waals surface area contributed by atoms with Gasteiger partial charge < -0.3 is 9.64 Å². The molecule has 1 aliphatic rings. The van der Waals surface area contributed by atoms with E-state index in [4.69, 9.17) is 4.74 Å². The van der Waals surface area contributed by atoms with Gasteiger partial charge in [-0.2, -0.15) is 0 Å². The second-order valence-corrected chi connectivity index (χ2v) is 6.27. The summed E-state index contributed by atoms with van der Waals surface area (Å²) in [4.78, 5) is 26.1. The highest BCUT2D eigenvalue weighted by molar-refractivity contribution is 5.92. The minimum absolute atomic E-state index is 0.0215. The Morgan fingerprint density at radius 2 is 1.88 bits per heavy atom. The Morgan fingerprint density at radius 1 is 1.21 bits per heavy atom. The number of hydrogen-bond acceptors (Lipinski definition) is 3. The third kappa shape index (κ3) is 5.52. The van der Waals surface area contributed by atoms with Gasteiger partial charge >= 0.3 is 5.97 Å². The number of rotatable bonds is 7. The minimum Gasteiger partial charge on any atom is -0.466 e. The Morgan fingerprint density at radius 3 is 2.50 bits per heavy atom. The van der Waals surface area contributed by atoms with Crippen molar-refractivity contribution in [3.8, 4) is 0 Å². The highest BCUT2D eigenvalue weighted by Crippen LogP contribution is 2.24. The first-order valence-corrected chi connectivity index (χ1v) is 8.81.